The third-order valence-corrected chi connectivity index (χ3v) is 2.78. The van der Waals surface area contributed by atoms with Gasteiger partial charge in [-0.3, -0.25) is 5.01 Å². The molecule has 0 rings (SSSR count). The van der Waals surface area contributed by atoms with E-state index in [0.29, 0.717) is 5.70 Å². The van der Waals surface area contributed by atoms with Gasteiger partial charge in [0.1, 0.15) is 0 Å². The van der Waals surface area contributed by atoms with E-state index in [2.05, 4.69) is 0 Å². The second-order valence-electron chi connectivity index (χ2n) is 3.32. The maximum atomic E-state index is 11.5. The van der Waals surface area contributed by atoms with Crippen molar-refractivity contribution in [2.24, 2.45) is 11.7 Å². The third-order valence-electron chi connectivity index (χ3n) is 2.00. The quantitative estimate of drug-likeness (QED) is 0.348. The molecule has 0 atom stereocenters. The van der Waals surface area contributed by atoms with Crippen LogP contribution in [0.5, 0.6) is 0 Å². The molecule has 0 spiro atoms. The van der Waals surface area contributed by atoms with Crippen LogP contribution in [0.3, 0.4) is 0 Å². The number of urea groups is 1. The summed E-state index contributed by atoms with van der Waals surface area (Å²) in [7, 11) is 1.44. The maximum Gasteiger partial charge on any atom is 0.352 e. The van der Waals surface area contributed by atoms with Crippen molar-refractivity contribution in [1.82, 2.24) is 10.0 Å². The molecule has 0 radical (unpaired) electrons. The Morgan fingerprint density at radius 3 is 2.35 bits per heavy atom. The first-order valence-corrected chi connectivity index (χ1v) is 6.29. The van der Waals surface area contributed by atoms with Crippen LogP contribution in [0.2, 0.25) is 0 Å². The first-order valence-electron chi connectivity index (χ1n) is 5.06. The zero-order chi connectivity index (χ0) is 13.4. The standard InChI is InChI=1S/C11H20N4OS/c1-5-10(8-6-7-9(2)17-4)15(13)11(16)14(3)12/h5-8H,12-13H2,1-4H3/b8-6-,9-7+,10-5-. The number of rotatable bonds is 4. The van der Waals surface area contributed by atoms with Gasteiger partial charge in [0.15, 0.2) is 0 Å². The summed E-state index contributed by atoms with van der Waals surface area (Å²) in [5.74, 6) is 11.0. The molecule has 0 aromatic carbocycles. The topological polar surface area (TPSA) is 75.6 Å². The lowest BCUT2D eigenvalue weighted by Gasteiger charge is -2.21. The van der Waals surface area contributed by atoms with E-state index in [1.807, 2.05) is 25.3 Å². The number of hydrogen-bond acceptors (Lipinski definition) is 4. The average molecular weight is 256 g/mol. The minimum Gasteiger partial charge on any atom is -0.264 e. The van der Waals surface area contributed by atoms with Crippen molar-refractivity contribution in [1.29, 1.82) is 0 Å². The third kappa shape index (κ3) is 5.58. The molecule has 0 heterocycles. The van der Waals surface area contributed by atoms with Crippen LogP contribution in [0.4, 0.5) is 4.79 Å². The fourth-order valence-electron chi connectivity index (χ4n) is 0.946. The number of hydrazine groups is 2. The summed E-state index contributed by atoms with van der Waals surface area (Å²) in [6.07, 6.45) is 9.27. The number of hydrogen-bond donors (Lipinski definition) is 2. The zero-order valence-corrected chi connectivity index (χ0v) is 11.5. The van der Waals surface area contributed by atoms with Crippen molar-refractivity contribution >= 4 is 17.8 Å². The van der Waals surface area contributed by atoms with Crippen molar-refractivity contribution in [3.63, 3.8) is 0 Å². The Hall–Kier alpha value is -1.24. The minimum atomic E-state index is -0.478. The molecule has 0 unspecified atom stereocenters. The SMILES string of the molecule is C/C=C(/C=C\C=C(/C)SC)N(N)C(=O)N(C)N. The minimum absolute atomic E-state index is 0.478. The van der Waals surface area contributed by atoms with Gasteiger partial charge in [0, 0.05) is 7.05 Å². The van der Waals surface area contributed by atoms with Crippen LogP contribution < -0.4 is 11.7 Å². The molecule has 17 heavy (non-hydrogen) atoms. The summed E-state index contributed by atoms with van der Waals surface area (Å²) < 4.78 is 0. The Labute approximate surface area is 107 Å². The molecule has 5 nitrogen and oxygen atoms in total. The highest BCUT2D eigenvalue weighted by Crippen LogP contribution is 2.10. The van der Waals surface area contributed by atoms with Crippen molar-refractivity contribution in [2.75, 3.05) is 13.3 Å². The number of carbonyl (C=O) groups is 1. The second kappa shape index (κ2) is 7.94. The predicted octanol–water partition coefficient (Wildman–Crippen LogP) is 1.81. The molecule has 0 bridgehead atoms. The van der Waals surface area contributed by atoms with Crippen LogP contribution in [-0.2, 0) is 0 Å². The molecule has 6 heteroatoms. The Balaban J connectivity index is 4.72. The monoisotopic (exact) mass is 256 g/mol. The number of nitrogens with zero attached hydrogens (tertiary/aromatic N) is 2. The Bertz CT molecular complexity index is 347. The molecule has 0 saturated carbocycles. The number of allylic oxidation sites excluding steroid dienone is 5. The summed E-state index contributed by atoms with van der Waals surface area (Å²) in [5, 5.41) is 1.93. The summed E-state index contributed by atoms with van der Waals surface area (Å²) in [6.45, 7) is 3.80. The van der Waals surface area contributed by atoms with Crippen molar-refractivity contribution in [2.45, 2.75) is 13.8 Å². The lowest BCUT2D eigenvalue weighted by molar-refractivity contribution is 0.178. The molecule has 0 saturated heterocycles. The Morgan fingerprint density at radius 2 is 1.94 bits per heavy atom. The number of thioether (sulfide) groups is 1. The van der Waals surface area contributed by atoms with Crippen LogP contribution in [-0.4, -0.2) is 29.4 Å². The van der Waals surface area contributed by atoms with Crippen LogP contribution in [0.25, 0.3) is 0 Å². The van der Waals surface area contributed by atoms with E-state index in [9.17, 15) is 4.79 Å². The molecule has 0 aromatic rings. The van der Waals surface area contributed by atoms with Crippen molar-refractivity contribution < 1.29 is 4.79 Å². The van der Waals surface area contributed by atoms with E-state index in [1.165, 1.54) is 12.0 Å². The van der Waals surface area contributed by atoms with E-state index in [1.54, 1.807) is 30.8 Å². The fraction of sp³-hybridized carbons (Fsp3) is 0.364. The maximum absolute atomic E-state index is 11.5. The summed E-state index contributed by atoms with van der Waals surface area (Å²) >= 11 is 1.65. The molecule has 0 fully saturated rings. The number of amides is 2. The first kappa shape index (κ1) is 15.8. The molecule has 0 aliphatic carbocycles. The molecule has 2 amide bonds. The van der Waals surface area contributed by atoms with Gasteiger partial charge < -0.3 is 0 Å². The molecule has 4 N–H and O–H groups in total. The van der Waals surface area contributed by atoms with Crippen LogP contribution in [0.1, 0.15) is 13.8 Å². The van der Waals surface area contributed by atoms with Gasteiger partial charge >= 0.3 is 6.03 Å². The molecule has 96 valence electrons. The van der Waals surface area contributed by atoms with Crippen LogP contribution >= 0.6 is 11.8 Å². The van der Waals surface area contributed by atoms with Gasteiger partial charge in [-0.2, -0.15) is 0 Å². The highest BCUT2D eigenvalue weighted by atomic mass is 32.2. The van der Waals surface area contributed by atoms with Gasteiger partial charge in [-0.05, 0) is 31.1 Å². The van der Waals surface area contributed by atoms with Gasteiger partial charge in [0.25, 0.3) is 0 Å². The van der Waals surface area contributed by atoms with Crippen molar-refractivity contribution in [3.05, 3.63) is 34.9 Å². The average Bonchev–Trinajstić information content (AvgIpc) is 2.32. The van der Waals surface area contributed by atoms with Gasteiger partial charge in [0.2, 0.25) is 0 Å². The van der Waals surface area contributed by atoms with Gasteiger partial charge in [0.05, 0.1) is 5.70 Å². The normalized spacial score (nSPS) is 13.1. The predicted molar refractivity (Wildman–Crippen MR) is 73.5 cm³/mol. The van der Waals surface area contributed by atoms with E-state index >= 15 is 0 Å². The van der Waals surface area contributed by atoms with Crippen molar-refractivity contribution in [3.8, 4) is 0 Å². The molecule has 0 aromatic heterocycles. The van der Waals surface area contributed by atoms with Gasteiger partial charge in [-0.1, -0.05) is 18.2 Å². The molecule has 0 aliphatic heterocycles. The van der Waals surface area contributed by atoms with E-state index in [0.717, 1.165) is 10.0 Å². The largest absolute Gasteiger partial charge is 0.352 e. The van der Waals surface area contributed by atoms with Crippen LogP contribution in [0, 0.1) is 0 Å². The molecular formula is C11H20N4OS. The lowest BCUT2D eigenvalue weighted by Crippen LogP contribution is -2.47. The first-order chi connectivity index (χ1) is 7.93. The number of nitrogens with two attached hydrogens (primary N) is 2. The summed E-state index contributed by atoms with van der Waals surface area (Å²) in [4.78, 5) is 12.7. The van der Waals surface area contributed by atoms with E-state index in [4.69, 9.17) is 11.7 Å². The smallest absolute Gasteiger partial charge is 0.264 e. The van der Waals surface area contributed by atoms with E-state index in [-0.39, 0.29) is 0 Å². The fourth-order valence-corrected chi connectivity index (χ4v) is 1.16. The Kier molecular flexibility index (Phi) is 7.36. The summed E-state index contributed by atoms with van der Waals surface area (Å²) in [5.41, 5.74) is 0.581. The lowest BCUT2D eigenvalue weighted by atomic mass is 10.3. The van der Waals surface area contributed by atoms with Gasteiger partial charge in [-0.15, -0.1) is 11.8 Å². The summed E-state index contributed by atoms with van der Waals surface area (Å²) in [6, 6.07) is -0.478. The zero-order valence-electron chi connectivity index (χ0n) is 10.7. The number of carbonyl (C=O) groups excluding carboxylic acids is 1. The van der Waals surface area contributed by atoms with Gasteiger partial charge in [-0.25, -0.2) is 21.5 Å². The highest BCUT2D eigenvalue weighted by Gasteiger charge is 2.13. The highest BCUT2D eigenvalue weighted by molar-refractivity contribution is 8.02. The Morgan fingerprint density at radius 1 is 1.35 bits per heavy atom. The molecular weight excluding hydrogens is 236 g/mol. The van der Waals surface area contributed by atoms with E-state index < -0.39 is 6.03 Å². The second-order valence-corrected chi connectivity index (χ2v) is 4.37. The molecule has 0 aliphatic rings. The van der Waals surface area contributed by atoms with Crippen LogP contribution in [0.15, 0.2) is 34.9 Å².